The molecule has 0 saturated heterocycles. The molecule has 1 aromatic heterocycles. The van der Waals surface area contributed by atoms with Gasteiger partial charge in [0.1, 0.15) is 11.3 Å². The van der Waals surface area contributed by atoms with Crippen molar-refractivity contribution in [1.82, 2.24) is 5.32 Å². The number of benzene rings is 2. The van der Waals surface area contributed by atoms with E-state index in [0.717, 1.165) is 28.8 Å². The number of nitrogens with one attached hydrogen (secondary N) is 1. The standard InChI is InChI=1S/C22H22ClNO3/c1-14-19(25)9-8-18-15(12-20(26)27-21(14)18)13-24-22(10-2-3-11-22)16-4-6-17(23)7-5-16/h4-9,12,24-25H,2-3,10-11,13H2,1H3. The molecule has 0 atom stereocenters. The van der Waals surface area contributed by atoms with E-state index in [1.54, 1.807) is 19.1 Å². The van der Waals surface area contributed by atoms with Gasteiger partial charge in [-0.1, -0.05) is 36.6 Å². The smallest absolute Gasteiger partial charge is 0.336 e. The Labute approximate surface area is 162 Å². The lowest BCUT2D eigenvalue weighted by molar-refractivity contribution is 0.339. The number of rotatable bonds is 4. The average Bonchev–Trinajstić information content (AvgIpc) is 3.14. The fraction of sp³-hybridized carbons (Fsp3) is 0.318. The van der Waals surface area contributed by atoms with Gasteiger partial charge in [-0.25, -0.2) is 4.79 Å². The first-order valence-corrected chi connectivity index (χ1v) is 9.63. The number of fused-ring (bicyclic) bond motifs is 1. The molecule has 1 heterocycles. The first-order valence-electron chi connectivity index (χ1n) is 9.25. The minimum absolute atomic E-state index is 0.112. The monoisotopic (exact) mass is 383 g/mol. The summed E-state index contributed by atoms with van der Waals surface area (Å²) in [4.78, 5) is 12.1. The fourth-order valence-electron chi connectivity index (χ4n) is 4.14. The lowest BCUT2D eigenvalue weighted by atomic mass is 9.88. The molecule has 0 bridgehead atoms. The quantitative estimate of drug-likeness (QED) is 0.621. The zero-order valence-corrected chi connectivity index (χ0v) is 16.0. The minimum Gasteiger partial charge on any atom is -0.508 e. The van der Waals surface area contributed by atoms with E-state index >= 15 is 0 Å². The van der Waals surface area contributed by atoms with Gasteiger partial charge in [0.2, 0.25) is 0 Å². The van der Waals surface area contributed by atoms with Crippen molar-refractivity contribution in [3.8, 4) is 5.75 Å². The normalized spacial score (nSPS) is 16.1. The highest BCUT2D eigenvalue weighted by Gasteiger charge is 2.35. The van der Waals surface area contributed by atoms with Crippen LogP contribution < -0.4 is 10.9 Å². The highest BCUT2D eigenvalue weighted by molar-refractivity contribution is 6.30. The maximum atomic E-state index is 12.1. The molecule has 140 valence electrons. The first kappa shape index (κ1) is 18.1. The van der Waals surface area contributed by atoms with Crippen LogP contribution >= 0.6 is 11.6 Å². The molecule has 5 heteroatoms. The molecular weight excluding hydrogens is 362 g/mol. The van der Waals surface area contributed by atoms with Crippen LogP contribution in [0.4, 0.5) is 0 Å². The molecule has 4 rings (SSSR count). The maximum absolute atomic E-state index is 12.1. The lowest BCUT2D eigenvalue weighted by Gasteiger charge is -2.31. The van der Waals surface area contributed by atoms with E-state index in [0.29, 0.717) is 17.7 Å². The number of hydrogen-bond acceptors (Lipinski definition) is 4. The van der Waals surface area contributed by atoms with Crippen molar-refractivity contribution in [1.29, 1.82) is 0 Å². The summed E-state index contributed by atoms with van der Waals surface area (Å²) in [6.07, 6.45) is 4.43. The molecule has 1 aliphatic rings. The van der Waals surface area contributed by atoms with Crippen LogP contribution in [0.1, 0.15) is 42.4 Å². The summed E-state index contributed by atoms with van der Waals surface area (Å²) in [7, 11) is 0. The summed E-state index contributed by atoms with van der Waals surface area (Å²) in [5.74, 6) is 0.129. The molecule has 0 amide bonds. The van der Waals surface area contributed by atoms with Crippen LogP contribution in [0, 0.1) is 6.92 Å². The summed E-state index contributed by atoms with van der Waals surface area (Å²) in [6, 6.07) is 13.0. The predicted molar refractivity (Wildman–Crippen MR) is 107 cm³/mol. The summed E-state index contributed by atoms with van der Waals surface area (Å²) in [5.41, 5.74) is 2.62. The van der Waals surface area contributed by atoms with E-state index < -0.39 is 5.63 Å². The van der Waals surface area contributed by atoms with Gasteiger partial charge in [-0.2, -0.15) is 0 Å². The Balaban J connectivity index is 1.70. The number of phenols is 1. The van der Waals surface area contributed by atoms with Crippen LogP contribution in [0.15, 0.2) is 51.7 Å². The second-order valence-electron chi connectivity index (χ2n) is 7.33. The Kier molecular flexibility index (Phi) is 4.70. The molecule has 1 saturated carbocycles. The van der Waals surface area contributed by atoms with Gasteiger partial charge in [0.25, 0.3) is 0 Å². The zero-order chi connectivity index (χ0) is 19.0. The molecule has 0 unspecified atom stereocenters. The van der Waals surface area contributed by atoms with Crippen LogP contribution in [-0.2, 0) is 12.1 Å². The molecule has 1 fully saturated rings. The van der Waals surface area contributed by atoms with Crippen LogP contribution in [0.3, 0.4) is 0 Å². The number of aryl methyl sites for hydroxylation is 1. The van der Waals surface area contributed by atoms with Crippen molar-refractivity contribution < 1.29 is 9.52 Å². The molecule has 3 aromatic rings. The van der Waals surface area contributed by atoms with Crippen LogP contribution in [0.2, 0.25) is 5.02 Å². The van der Waals surface area contributed by atoms with E-state index in [9.17, 15) is 9.90 Å². The van der Waals surface area contributed by atoms with Gasteiger partial charge in [-0.15, -0.1) is 0 Å². The van der Waals surface area contributed by atoms with Crippen molar-refractivity contribution in [3.05, 3.63) is 74.6 Å². The van der Waals surface area contributed by atoms with Gasteiger partial charge >= 0.3 is 5.63 Å². The fourth-order valence-corrected chi connectivity index (χ4v) is 4.27. The Hall–Kier alpha value is -2.30. The van der Waals surface area contributed by atoms with E-state index in [2.05, 4.69) is 17.4 Å². The number of aromatic hydroxyl groups is 1. The third-order valence-electron chi connectivity index (χ3n) is 5.69. The van der Waals surface area contributed by atoms with Crippen LogP contribution in [0.25, 0.3) is 11.0 Å². The summed E-state index contributed by atoms with van der Waals surface area (Å²) < 4.78 is 5.35. The van der Waals surface area contributed by atoms with Crippen molar-refractivity contribution in [2.24, 2.45) is 0 Å². The third kappa shape index (κ3) is 3.35. The van der Waals surface area contributed by atoms with Crippen molar-refractivity contribution in [2.45, 2.75) is 44.7 Å². The molecule has 4 nitrogen and oxygen atoms in total. The van der Waals surface area contributed by atoms with Gasteiger partial charge in [0, 0.05) is 34.1 Å². The zero-order valence-electron chi connectivity index (χ0n) is 15.2. The second kappa shape index (κ2) is 7.02. The van der Waals surface area contributed by atoms with Gasteiger partial charge in [0.15, 0.2) is 0 Å². The topological polar surface area (TPSA) is 62.5 Å². The largest absolute Gasteiger partial charge is 0.508 e. The van der Waals surface area contributed by atoms with Gasteiger partial charge in [0.05, 0.1) is 0 Å². The van der Waals surface area contributed by atoms with Crippen molar-refractivity contribution in [2.75, 3.05) is 0 Å². The Morgan fingerprint density at radius 1 is 1.15 bits per heavy atom. The SMILES string of the molecule is Cc1c(O)ccc2c(CNC3(c4ccc(Cl)cc4)CCCC3)cc(=O)oc12. The molecule has 27 heavy (non-hydrogen) atoms. The second-order valence-corrected chi connectivity index (χ2v) is 7.76. The summed E-state index contributed by atoms with van der Waals surface area (Å²) in [6.45, 7) is 2.30. The van der Waals surface area contributed by atoms with Gasteiger partial charge in [-0.05, 0) is 55.2 Å². The Morgan fingerprint density at radius 3 is 2.56 bits per heavy atom. The third-order valence-corrected chi connectivity index (χ3v) is 5.94. The molecule has 0 aliphatic heterocycles. The van der Waals surface area contributed by atoms with E-state index in [1.165, 1.54) is 24.5 Å². The predicted octanol–water partition coefficient (Wildman–Crippen LogP) is 5.02. The highest BCUT2D eigenvalue weighted by atomic mass is 35.5. The number of hydrogen-bond donors (Lipinski definition) is 2. The lowest BCUT2D eigenvalue weighted by Crippen LogP contribution is -2.39. The first-order chi connectivity index (χ1) is 13.0. The van der Waals surface area contributed by atoms with E-state index in [4.69, 9.17) is 16.0 Å². The molecular formula is C22H22ClNO3. The minimum atomic E-state index is -0.403. The van der Waals surface area contributed by atoms with E-state index in [1.807, 2.05) is 12.1 Å². The van der Waals surface area contributed by atoms with Gasteiger partial charge < -0.3 is 14.8 Å². The van der Waals surface area contributed by atoms with Crippen molar-refractivity contribution in [3.63, 3.8) is 0 Å². The molecule has 1 aliphatic carbocycles. The van der Waals surface area contributed by atoms with Crippen molar-refractivity contribution >= 4 is 22.6 Å². The van der Waals surface area contributed by atoms with Gasteiger partial charge in [-0.3, -0.25) is 0 Å². The number of phenolic OH excluding ortho intramolecular Hbond substituents is 1. The summed E-state index contributed by atoms with van der Waals surface area (Å²) >= 11 is 6.06. The molecule has 2 aromatic carbocycles. The Morgan fingerprint density at radius 2 is 1.85 bits per heavy atom. The van der Waals surface area contributed by atoms with Crippen LogP contribution in [0.5, 0.6) is 5.75 Å². The number of halogens is 1. The van der Waals surface area contributed by atoms with E-state index in [-0.39, 0.29) is 11.3 Å². The molecule has 0 spiro atoms. The summed E-state index contributed by atoms with van der Waals surface area (Å²) in [5, 5.41) is 15.2. The molecule has 2 N–H and O–H groups in total. The average molecular weight is 384 g/mol. The Bertz CT molecular complexity index is 1030. The maximum Gasteiger partial charge on any atom is 0.336 e. The highest BCUT2D eigenvalue weighted by Crippen LogP contribution is 2.39. The molecule has 0 radical (unpaired) electrons. The van der Waals surface area contributed by atoms with Crippen LogP contribution in [-0.4, -0.2) is 5.11 Å².